The second kappa shape index (κ2) is 5.32. The van der Waals surface area contributed by atoms with Gasteiger partial charge in [-0.1, -0.05) is 6.07 Å². The standard InChI is InChI=1S/C15H22N4O/c16-14-12(15(17)20)4-1-5-13(14)18-10-6-8-19-7-2-3-11(19)9-10/h1,4-5,10-11,18H,2-3,6-9,16H2,(H2,17,20). The van der Waals surface area contributed by atoms with Crippen molar-refractivity contribution in [2.45, 2.75) is 37.8 Å². The third-order valence-electron chi connectivity index (χ3n) is 4.55. The van der Waals surface area contributed by atoms with Gasteiger partial charge in [-0.3, -0.25) is 4.79 Å². The van der Waals surface area contributed by atoms with Gasteiger partial charge in [-0.15, -0.1) is 0 Å². The lowest BCUT2D eigenvalue weighted by molar-refractivity contribution is 0.100. The fourth-order valence-electron chi connectivity index (χ4n) is 3.48. The molecule has 0 aliphatic carbocycles. The summed E-state index contributed by atoms with van der Waals surface area (Å²) in [6.07, 6.45) is 4.89. The average molecular weight is 274 g/mol. The van der Waals surface area contributed by atoms with Crippen molar-refractivity contribution in [3.05, 3.63) is 23.8 Å². The van der Waals surface area contributed by atoms with Gasteiger partial charge in [0, 0.05) is 18.6 Å². The maximum absolute atomic E-state index is 11.3. The predicted molar refractivity (Wildman–Crippen MR) is 80.6 cm³/mol. The van der Waals surface area contributed by atoms with Crippen molar-refractivity contribution in [3.63, 3.8) is 0 Å². The number of benzene rings is 1. The Morgan fingerprint density at radius 3 is 2.95 bits per heavy atom. The molecule has 2 unspecified atom stereocenters. The number of nitrogens with two attached hydrogens (primary N) is 2. The number of rotatable bonds is 3. The summed E-state index contributed by atoms with van der Waals surface area (Å²) in [5.74, 6) is -0.475. The van der Waals surface area contributed by atoms with Crippen LogP contribution >= 0.6 is 0 Å². The van der Waals surface area contributed by atoms with Crippen LogP contribution in [0.5, 0.6) is 0 Å². The van der Waals surface area contributed by atoms with Gasteiger partial charge in [-0.2, -0.15) is 0 Å². The highest BCUT2D eigenvalue weighted by Crippen LogP contribution is 2.30. The van der Waals surface area contributed by atoms with E-state index in [9.17, 15) is 4.79 Å². The van der Waals surface area contributed by atoms with E-state index in [0.717, 1.165) is 25.1 Å². The summed E-state index contributed by atoms with van der Waals surface area (Å²) in [7, 11) is 0. The number of fused-ring (bicyclic) bond motifs is 1. The van der Waals surface area contributed by atoms with Gasteiger partial charge in [-0.05, 0) is 44.4 Å². The number of nitrogen functional groups attached to an aromatic ring is 1. The molecule has 0 radical (unpaired) electrons. The van der Waals surface area contributed by atoms with Crippen molar-refractivity contribution in [2.24, 2.45) is 5.73 Å². The molecule has 108 valence electrons. The van der Waals surface area contributed by atoms with Crippen molar-refractivity contribution in [1.82, 2.24) is 4.90 Å². The number of anilines is 2. The highest BCUT2D eigenvalue weighted by molar-refractivity contribution is 6.00. The Hall–Kier alpha value is -1.75. The minimum Gasteiger partial charge on any atom is -0.396 e. The molecule has 0 bridgehead atoms. The smallest absolute Gasteiger partial charge is 0.250 e. The minimum atomic E-state index is -0.475. The highest BCUT2D eigenvalue weighted by atomic mass is 16.1. The van der Waals surface area contributed by atoms with Crippen LogP contribution in [0.2, 0.25) is 0 Å². The summed E-state index contributed by atoms with van der Waals surface area (Å²) >= 11 is 0. The van der Waals surface area contributed by atoms with Gasteiger partial charge >= 0.3 is 0 Å². The zero-order valence-corrected chi connectivity index (χ0v) is 11.6. The lowest BCUT2D eigenvalue weighted by Crippen LogP contribution is -2.42. The molecule has 2 aliphatic heterocycles. The number of nitrogens with zero attached hydrogens (tertiary/aromatic N) is 1. The molecule has 0 spiro atoms. The van der Waals surface area contributed by atoms with Crippen LogP contribution in [0.1, 0.15) is 36.0 Å². The van der Waals surface area contributed by atoms with Gasteiger partial charge in [0.15, 0.2) is 0 Å². The van der Waals surface area contributed by atoms with Crippen LogP contribution in [-0.4, -0.2) is 36.0 Å². The number of carbonyl (C=O) groups excluding carboxylic acids is 1. The molecule has 1 amide bonds. The largest absolute Gasteiger partial charge is 0.396 e. The van der Waals surface area contributed by atoms with Crippen LogP contribution in [0, 0.1) is 0 Å². The molecular weight excluding hydrogens is 252 g/mol. The van der Waals surface area contributed by atoms with Crippen molar-refractivity contribution in [1.29, 1.82) is 0 Å². The van der Waals surface area contributed by atoms with E-state index in [1.807, 2.05) is 12.1 Å². The van der Waals surface area contributed by atoms with Gasteiger partial charge in [0.2, 0.25) is 0 Å². The Morgan fingerprint density at radius 2 is 2.15 bits per heavy atom. The number of piperidine rings is 1. The lowest BCUT2D eigenvalue weighted by Gasteiger charge is -2.35. The number of carbonyl (C=O) groups is 1. The van der Waals surface area contributed by atoms with Gasteiger partial charge < -0.3 is 21.7 Å². The van der Waals surface area contributed by atoms with Crippen LogP contribution in [0.4, 0.5) is 11.4 Å². The van der Waals surface area contributed by atoms with E-state index < -0.39 is 5.91 Å². The first-order valence-electron chi connectivity index (χ1n) is 7.34. The summed E-state index contributed by atoms with van der Waals surface area (Å²) in [5.41, 5.74) is 13.1. The topological polar surface area (TPSA) is 84.4 Å². The summed E-state index contributed by atoms with van der Waals surface area (Å²) in [6.45, 7) is 2.40. The number of nitrogens with one attached hydrogen (secondary N) is 1. The molecule has 1 aromatic rings. The number of primary amides is 1. The molecule has 5 nitrogen and oxygen atoms in total. The molecule has 2 aliphatic rings. The molecule has 3 rings (SSSR count). The summed E-state index contributed by atoms with van der Waals surface area (Å²) in [6, 6.07) is 6.55. The summed E-state index contributed by atoms with van der Waals surface area (Å²) < 4.78 is 0. The van der Waals surface area contributed by atoms with Crippen LogP contribution in [0.15, 0.2) is 18.2 Å². The Kier molecular flexibility index (Phi) is 3.53. The molecule has 2 saturated heterocycles. The molecule has 2 heterocycles. The molecule has 20 heavy (non-hydrogen) atoms. The molecular formula is C15H22N4O. The van der Waals surface area contributed by atoms with Crippen molar-refractivity contribution in [3.8, 4) is 0 Å². The van der Waals surface area contributed by atoms with Gasteiger partial charge in [0.25, 0.3) is 5.91 Å². The Bertz CT molecular complexity index is 517. The Morgan fingerprint density at radius 1 is 1.30 bits per heavy atom. The van der Waals surface area contributed by atoms with E-state index >= 15 is 0 Å². The zero-order valence-electron chi connectivity index (χ0n) is 11.6. The number of amides is 1. The SMILES string of the molecule is NC(=O)c1cccc(NC2CCN3CCCC3C2)c1N. The second-order valence-corrected chi connectivity index (χ2v) is 5.83. The van der Waals surface area contributed by atoms with Gasteiger partial charge in [0.1, 0.15) is 0 Å². The first-order chi connectivity index (χ1) is 9.65. The molecule has 0 aromatic heterocycles. The monoisotopic (exact) mass is 274 g/mol. The Labute approximate surface area is 119 Å². The molecule has 0 saturated carbocycles. The van der Waals surface area contributed by atoms with E-state index in [2.05, 4.69) is 10.2 Å². The van der Waals surface area contributed by atoms with Gasteiger partial charge in [-0.25, -0.2) is 0 Å². The van der Waals surface area contributed by atoms with Crippen LogP contribution in [0.3, 0.4) is 0 Å². The first-order valence-corrected chi connectivity index (χ1v) is 7.34. The molecule has 2 atom stereocenters. The van der Waals surface area contributed by atoms with Gasteiger partial charge in [0.05, 0.1) is 16.9 Å². The van der Waals surface area contributed by atoms with E-state index in [-0.39, 0.29) is 0 Å². The molecule has 2 fully saturated rings. The van der Waals surface area contributed by atoms with E-state index in [0.29, 0.717) is 23.3 Å². The summed E-state index contributed by atoms with van der Waals surface area (Å²) in [4.78, 5) is 13.9. The zero-order chi connectivity index (χ0) is 14.1. The second-order valence-electron chi connectivity index (χ2n) is 5.83. The van der Waals surface area contributed by atoms with Crippen LogP contribution < -0.4 is 16.8 Å². The minimum absolute atomic E-state index is 0.397. The van der Waals surface area contributed by atoms with E-state index in [1.54, 1.807) is 6.07 Å². The van der Waals surface area contributed by atoms with E-state index in [4.69, 9.17) is 11.5 Å². The third kappa shape index (κ3) is 2.45. The fraction of sp³-hybridized carbons (Fsp3) is 0.533. The molecule has 5 heteroatoms. The molecule has 5 N–H and O–H groups in total. The van der Waals surface area contributed by atoms with Crippen molar-refractivity contribution < 1.29 is 4.79 Å². The maximum atomic E-state index is 11.3. The van der Waals surface area contributed by atoms with E-state index in [1.165, 1.54) is 19.4 Å². The number of para-hydroxylation sites is 1. The predicted octanol–water partition coefficient (Wildman–Crippen LogP) is 1.41. The van der Waals surface area contributed by atoms with Crippen molar-refractivity contribution in [2.75, 3.05) is 24.1 Å². The highest BCUT2D eigenvalue weighted by Gasteiger charge is 2.31. The maximum Gasteiger partial charge on any atom is 0.250 e. The molecule has 1 aromatic carbocycles. The van der Waals surface area contributed by atoms with Crippen LogP contribution in [-0.2, 0) is 0 Å². The number of hydrogen-bond donors (Lipinski definition) is 3. The first kappa shape index (κ1) is 13.2. The number of hydrogen-bond acceptors (Lipinski definition) is 4. The summed E-state index contributed by atoms with van der Waals surface area (Å²) in [5, 5.41) is 3.50. The fourth-order valence-corrected chi connectivity index (χ4v) is 3.48. The third-order valence-corrected chi connectivity index (χ3v) is 4.55. The Balaban J connectivity index is 1.72. The van der Waals surface area contributed by atoms with Crippen molar-refractivity contribution >= 4 is 17.3 Å². The lowest BCUT2D eigenvalue weighted by atomic mass is 9.97. The quantitative estimate of drug-likeness (QED) is 0.728. The average Bonchev–Trinajstić information content (AvgIpc) is 2.88. The normalized spacial score (nSPS) is 26.2. The van der Waals surface area contributed by atoms with Crippen LogP contribution in [0.25, 0.3) is 0 Å².